The summed E-state index contributed by atoms with van der Waals surface area (Å²) in [5, 5.41) is 1.78. The number of aromatic amines is 1. The Balaban J connectivity index is 1.75. The highest BCUT2D eigenvalue weighted by atomic mass is 32.1. The van der Waals surface area contributed by atoms with Crippen molar-refractivity contribution in [2.75, 3.05) is 13.2 Å². The molecule has 0 bridgehead atoms. The van der Waals surface area contributed by atoms with Crippen LogP contribution < -0.4 is 0 Å². The number of ether oxygens (including phenoxy) is 2. The maximum Gasteiger partial charge on any atom is 0.340 e. The number of carbonyl (C=O) groups excluding carboxylic acids is 4. The lowest BCUT2D eigenvalue weighted by Crippen LogP contribution is -2.18. The molecule has 0 unspecified atom stereocenters. The zero-order chi connectivity index (χ0) is 22.5. The van der Waals surface area contributed by atoms with Crippen LogP contribution in [0.1, 0.15) is 64.6 Å². The Bertz CT molecular complexity index is 1140. The van der Waals surface area contributed by atoms with Crippen molar-refractivity contribution in [2.45, 2.75) is 20.8 Å². The van der Waals surface area contributed by atoms with Crippen molar-refractivity contribution in [1.29, 1.82) is 0 Å². The first-order valence-electron chi connectivity index (χ1n) is 9.59. The zero-order valence-electron chi connectivity index (χ0n) is 17.3. The van der Waals surface area contributed by atoms with Crippen LogP contribution in [0, 0.1) is 13.8 Å². The number of Topliss-reactive ketones (excluding diaryl/α,β-unsaturated/α-hetero) is 1. The summed E-state index contributed by atoms with van der Waals surface area (Å²) < 4.78 is 10.2. The summed E-state index contributed by atoms with van der Waals surface area (Å²) in [7, 11) is 0. The molecule has 1 aromatic carbocycles. The lowest BCUT2D eigenvalue weighted by Gasteiger charge is -2.08. The van der Waals surface area contributed by atoms with Gasteiger partial charge in [0, 0.05) is 11.3 Å². The molecule has 160 valence electrons. The molecular weight excluding hydrogens is 418 g/mol. The van der Waals surface area contributed by atoms with Crippen LogP contribution in [0.15, 0.2) is 41.8 Å². The fraction of sp³-hybridized carbons (Fsp3) is 0.217. The summed E-state index contributed by atoms with van der Waals surface area (Å²) >= 11 is 1.28. The Morgan fingerprint density at radius 3 is 2.29 bits per heavy atom. The third kappa shape index (κ3) is 4.64. The molecule has 0 atom stereocenters. The van der Waals surface area contributed by atoms with Gasteiger partial charge in [-0.25, -0.2) is 9.59 Å². The van der Waals surface area contributed by atoms with Crippen LogP contribution in [0.4, 0.5) is 0 Å². The zero-order valence-corrected chi connectivity index (χ0v) is 18.1. The number of carbonyl (C=O) groups is 4. The van der Waals surface area contributed by atoms with Crippen molar-refractivity contribution in [2.24, 2.45) is 0 Å². The minimum atomic E-state index is -0.777. The van der Waals surface area contributed by atoms with E-state index in [-0.39, 0.29) is 29.2 Å². The first-order chi connectivity index (χ1) is 14.8. The van der Waals surface area contributed by atoms with E-state index in [0.29, 0.717) is 21.7 Å². The standard InChI is InChI=1S/C23H21NO6S/c1-4-29-23(28)19-13(2)20(24-14(19)3)17(25)12-30-22(27)16-9-6-5-8-15(16)21(26)18-10-7-11-31-18/h5-11,24H,4,12H2,1-3H3. The Kier molecular flexibility index (Phi) is 6.81. The van der Waals surface area contributed by atoms with Gasteiger partial charge in [-0.3, -0.25) is 9.59 Å². The van der Waals surface area contributed by atoms with E-state index in [9.17, 15) is 19.2 Å². The average Bonchev–Trinajstić information content (AvgIpc) is 3.39. The fourth-order valence-corrected chi connectivity index (χ4v) is 3.90. The molecule has 3 aromatic rings. The van der Waals surface area contributed by atoms with Gasteiger partial charge in [0.1, 0.15) is 0 Å². The molecule has 0 saturated carbocycles. The van der Waals surface area contributed by atoms with Gasteiger partial charge in [-0.05, 0) is 43.8 Å². The fourth-order valence-electron chi connectivity index (χ4n) is 3.22. The maximum atomic E-state index is 12.7. The molecule has 0 spiro atoms. The van der Waals surface area contributed by atoms with Gasteiger partial charge in [-0.15, -0.1) is 11.3 Å². The summed E-state index contributed by atoms with van der Waals surface area (Å²) in [6.07, 6.45) is 0. The molecule has 0 saturated heterocycles. The van der Waals surface area contributed by atoms with Crippen molar-refractivity contribution in [3.63, 3.8) is 0 Å². The Hall–Kier alpha value is -3.52. The second-order valence-electron chi connectivity index (χ2n) is 6.70. The number of hydrogen-bond donors (Lipinski definition) is 1. The van der Waals surface area contributed by atoms with Crippen LogP contribution in [0.25, 0.3) is 0 Å². The van der Waals surface area contributed by atoms with Gasteiger partial charge in [0.25, 0.3) is 0 Å². The third-order valence-electron chi connectivity index (χ3n) is 4.67. The summed E-state index contributed by atoms with van der Waals surface area (Å²) in [6.45, 7) is 4.66. The summed E-state index contributed by atoms with van der Waals surface area (Å²) in [4.78, 5) is 53.4. The van der Waals surface area contributed by atoms with Gasteiger partial charge in [-0.1, -0.05) is 24.3 Å². The minimum absolute atomic E-state index is 0.0836. The van der Waals surface area contributed by atoms with Crippen molar-refractivity contribution in [3.8, 4) is 0 Å². The number of aryl methyl sites for hydroxylation is 1. The average molecular weight is 439 g/mol. The quantitative estimate of drug-likeness (QED) is 0.418. The van der Waals surface area contributed by atoms with Crippen molar-refractivity contribution >= 4 is 34.8 Å². The monoisotopic (exact) mass is 439 g/mol. The Morgan fingerprint density at radius 2 is 1.65 bits per heavy atom. The first kappa shape index (κ1) is 22.2. The van der Waals surface area contributed by atoms with E-state index < -0.39 is 24.3 Å². The number of benzene rings is 1. The SMILES string of the molecule is CCOC(=O)c1c(C)[nH]c(C(=O)COC(=O)c2ccccc2C(=O)c2cccs2)c1C. The van der Waals surface area contributed by atoms with E-state index in [4.69, 9.17) is 9.47 Å². The largest absolute Gasteiger partial charge is 0.462 e. The van der Waals surface area contributed by atoms with E-state index in [1.165, 1.54) is 17.4 Å². The molecule has 0 aliphatic heterocycles. The smallest absolute Gasteiger partial charge is 0.340 e. The normalized spacial score (nSPS) is 10.5. The van der Waals surface area contributed by atoms with Crippen LogP contribution in [0.3, 0.4) is 0 Å². The van der Waals surface area contributed by atoms with Gasteiger partial charge in [0.05, 0.1) is 28.3 Å². The molecule has 7 nitrogen and oxygen atoms in total. The van der Waals surface area contributed by atoms with Gasteiger partial charge in [0.2, 0.25) is 11.6 Å². The number of hydrogen-bond acceptors (Lipinski definition) is 7. The van der Waals surface area contributed by atoms with E-state index in [1.54, 1.807) is 56.5 Å². The predicted octanol–water partition coefficient (Wildman–Crippen LogP) is 4.14. The summed E-state index contributed by atoms with van der Waals surface area (Å²) in [5.41, 5.74) is 1.70. The predicted molar refractivity (Wildman–Crippen MR) is 115 cm³/mol. The number of thiophene rings is 1. The number of H-pyrrole nitrogens is 1. The van der Waals surface area contributed by atoms with Crippen LogP contribution in [0.5, 0.6) is 0 Å². The second kappa shape index (κ2) is 9.53. The van der Waals surface area contributed by atoms with Crippen molar-refractivity contribution in [1.82, 2.24) is 4.98 Å². The Morgan fingerprint density at radius 1 is 0.935 bits per heavy atom. The van der Waals surface area contributed by atoms with E-state index in [2.05, 4.69) is 4.98 Å². The van der Waals surface area contributed by atoms with E-state index in [0.717, 1.165) is 0 Å². The van der Waals surface area contributed by atoms with Crippen molar-refractivity contribution in [3.05, 3.63) is 80.3 Å². The highest BCUT2D eigenvalue weighted by Crippen LogP contribution is 2.21. The highest BCUT2D eigenvalue weighted by molar-refractivity contribution is 7.12. The first-order valence-corrected chi connectivity index (χ1v) is 10.5. The molecule has 0 aliphatic rings. The number of aromatic nitrogens is 1. The Labute approximate surface area is 183 Å². The van der Waals surface area contributed by atoms with E-state index in [1.807, 2.05) is 0 Å². The number of ketones is 2. The third-order valence-corrected chi connectivity index (χ3v) is 5.54. The van der Waals surface area contributed by atoms with Crippen LogP contribution >= 0.6 is 11.3 Å². The maximum absolute atomic E-state index is 12.7. The summed E-state index contributed by atoms with van der Waals surface area (Å²) in [5.74, 6) is -2.08. The molecule has 8 heteroatoms. The molecule has 2 heterocycles. The lowest BCUT2D eigenvalue weighted by atomic mass is 10.0. The lowest BCUT2D eigenvalue weighted by molar-refractivity contribution is 0.0470. The van der Waals surface area contributed by atoms with Crippen LogP contribution in [-0.2, 0) is 9.47 Å². The number of esters is 2. The second-order valence-corrected chi connectivity index (χ2v) is 7.64. The van der Waals surface area contributed by atoms with E-state index >= 15 is 0 Å². The molecule has 0 radical (unpaired) electrons. The molecule has 0 fully saturated rings. The molecule has 31 heavy (non-hydrogen) atoms. The molecule has 0 aliphatic carbocycles. The molecule has 0 amide bonds. The molecular formula is C23H21NO6S. The van der Waals surface area contributed by atoms with Gasteiger partial charge < -0.3 is 14.5 Å². The van der Waals surface area contributed by atoms with Crippen LogP contribution in [0.2, 0.25) is 0 Å². The number of nitrogens with one attached hydrogen (secondary N) is 1. The minimum Gasteiger partial charge on any atom is -0.462 e. The van der Waals surface area contributed by atoms with Gasteiger partial charge in [-0.2, -0.15) is 0 Å². The van der Waals surface area contributed by atoms with Gasteiger partial charge in [0.15, 0.2) is 6.61 Å². The topological polar surface area (TPSA) is 103 Å². The van der Waals surface area contributed by atoms with Crippen LogP contribution in [-0.4, -0.2) is 41.7 Å². The summed E-state index contributed by atoms with van der Waals surface area (Å²) in [6, 6.07) is 9.73. The molecule has 3 rings (SSSR count). The molecule has 2 aromatic heterocycles. The molecule has 1 N–H and O–H groups in total. The van der Waals surface area contributed by atoms with Crippen molar-refractivity contribution < 1.29 is 28.7 Å². The van der Waals surface area contributed by atoms with Gasteiger partial charge >= 0.3 is 11.9 Å². The number of rotatable bonds is 8. The highest BCUT2D eigenvalue weighted by Gasteiger charge is 2.25.